The Bertz CT molecular complexity index is 274. The van der Waals surface area contributed by atoms with Crippen LogP contribution in [0.15, 0.2) is 18.3 Å². The zero-order chi connectivity index (χ0) is 10.4. The van der Waals surface area contributed by atoms with Gasteiger partial charge in [0.05, 0.1) is 5.69 Å². The standard InChI is InChI=1S/C11H18N2S/c1-4-12-10-5-6-13-11(7-10)8-14-9(2)3/h5-7,9H,4,8H2,1-3H3,(H,12,13). The van der Waals surface area contributed by atoms with Gasteiger partial charge in [-0.2, -0.15) is 11.8 Å². The maximum atomic E-state index is 4.33. The third-order valence-electron chi connectivity index (χ3n) is 1.76. The van der Waals surface area contributed by atoms with Gasteiger partial charge in [0.15, 0.2) is 0 Å². The van der Waals surface area contributed by atoms with Gasteiger partial charge in [-0.15, -0.1) is 0 Å². The molecule has 0 unspecified atom stereocenters. The van der Waals surface area contributed by atoms with Crippen molar-refractivity contribution in [2.45, 2.75) is 31.8 Å². The molecule has 0 aliphatic heterocycles. The molecule has 0 amide bonds. The van der Waals surface area contributed by atoms with Crippen LogP contribution < -0.4 is 5.32 Å². The van der Waals surface area contributed by atoms with E-state index in [0.29, 0.717) is 5.25 Å². The Hall–Kier alpha value is -0.700. The van der Waals surface area contributed by atoms with Crippen LogP contribution in [0.2, 0.25) is 0 Å². The minimum atomic E-state index is 0.666. The van der Waals surface area contributed by atoms with E-state index in [1.165, 1.54) is 5.69 Å². The Morgan fingerprint density at radius 1 is 1.50 bits per heavy atom. The Morgan fingerprint density at radius 2 is 2.29 bits per heavy atom. The van der Waals surface area contributed by atoms with E-state index < -0.39 is 0 Å². The fraction of sp³-hybridized carbons (Fsp3) is 0.545. The fourth-order valence-electron chi connectivity index (χ4n) is 1.12. The number of hydrogen-bond donors (Lipinski definition) is 1. The molecule has 0 radical (unpaired) electrons. The van der Waals surface area contributed by atoms with Gasteiger partial charge in [0.25, 0.3) is 0 Å². The Morgan fingerprint density at radius 3 is 2.93 bits per heavy atom. The van der Waals surface area contributed by atoms with Crippen molar-refractivity contribution in [3.63, 3.8) is 0 Å². The average molecular weight is 210 g/mol. The summed E-state index contributed by atoms with van der Waals surface area (Å²) in [6.07, 6.45) is 1.87. The maximum absolute atomic E-state index is 4.33. The SMILES string of the molecule is CCNc1ccnc(CSC(C)C)c1. The predicted octanol–water partition coefficient (Wildman–Crippen LogP) is 3.16. The fourth-order valence-corrected chi connectivity index (χ4v) is 1.79. The number of anilines is 1. The summed E-state index contributed by atoms with van der Waals surface area (Å²) in [5, 5.41) is 3.95. The second-order valence-electron chi connectivity index (χ2n) is 3.43. The molecule has 78 valence electrons. The highest BCUT2D eigenvalue weighted by Gasteiger charge is 1.99. The first-order valence-electron chi connectivity index (χ1n) is 5.02. The van der Waals surface area contributed by atoms with E-state index >= 15 is 0 Å². The molecule has 1 aromatic rings. The number of pyridine rings is 1. The summed E-state index contributed by atoms with van der Waals surface area (Å²) in [6, 6.07) is 4.13. The topological polar surface area (TPSA) is 24.9 Å². The lowest BCUT2D eigenvalue weighted by atomic mass is 10.3. The third kappa shape index (κ3) is 4.01. The maximum Gasteiger partial charge on any atom is 0.0523 e. The van der Waals surface area contributed by atoms with Gasteiger partial charge in [-0.1, -0.05) is 13.8 Å². The van der Waals surface area contributed by atoms with E-state index in [1.807, 2.05) is 24.0 Å². The van der Waals surface area contributed by atoms with Crippen molar-refractivity contribution in [1.29, 1.82) is 0 Å². The minimum absolute atomic E-state index is 0.666. The van der Waals surface area contributed by atoms with Crippen LogP contribution in [0.5, 0.6) is 0 Å². The first kappa shape index (κ1) is 11.4. The van der Waals surface area contributed by atoms with Crippen LogP contribution in [0.3, 0.4) is 0 Å². The summed E-state index contributed by atoms with van der Waals surface area (Å²) in [6.45, 7) is 7.47. The molecule has 0 saturated carbocycles. The van der Waals surface area contributed by atoms with Gasteiger partial charge in [0.1, 0.15) is 0 Å². The number of rotatable bonds is 5. The van der Waals surface area contributed by atoms with Gasteiger partial charge >= 0.3 is 0 Å². The molecule has 14 heavy (non-hydrogen) atoms. The molecule has 1 N–H and O–H groups in total. The largest absolute Gasteiger partial charge is 0.385 e. The second kappa shape index (κ2) is 5.91. The Kier molecular flexibility index (Phi) is 4.80. The molecule has 0 saturated heterocycles. The molecule has 0 bridgehead atoms. The number of thioether (sulfide) groups is 1. The van der Waals surface area contributed by atoms with Crippen molar-refractivity contribution in [1.82, 2.24) is 4.98 Å². The van der Waals surface area contributed by atoms with Crippen LogP contribution >= 0.6 is 11.8 Å². The molecular formula is C11H18N2S. The molecule has 3 heteroatoms. The smallest absolute Gasteiger partial charge is 0.0523 e. The van der Waals surface area contributed by atoms with Crippen LogP contribution in [0.1, 0.15) is 26.5 Å². The van der Waals surface area contributed by atoms with Gasteiger partial charge in [0, 0.05) is 24.2 Å². The Labute approximate surface area is 90.5 Å². The van der Waals surface area contributed by atoms with Gasteiger partial charge < -0.3 is 5.32 Å². The van der Waals surface area contributed by atoms with Crippen molar-refractivity contribution in [3.8, 4) is 0 Å². The lowest BCUT2D eigenvalue weighted by Crippen LogP contribution is -1.98. The molecule has 0 atom stereocenters. The van der Waals surface area contributed by atoms with E-state index in [0.717, 1.165) is 18.0 Å². The van der Waals surface area contributed by atoms with Gasteiger partial charge in [-0.05, 0) is 24.3 Å². The van der Waals surface area contributed by atoms with Crippen LogP contribution in [0.4, 0.5) is 5.69 Å². The molecule has 1 heterocycles. The molecule has 1 rings (SSSR count). The van der Waals surface area contributed by atoms with Crippen molar-refractivity contribution in [2.75, 3.05) is 11.9 Å². The first-order chi connectivity index (χ1) is 6.72. The van der Waals surface area contributed by atoms with E-state index in [-0.39, 0.29) is 0 Å². The summed E-state index contributed by atoms with van der Waals surface area (Å²) < 4.78 is 0. The molecule has 0 aromatic carbocycles. The summed E-state index contributed by atoms with van der Waals surface area (Å²) >= 11 is 1.92. The highest BCUT2D eigenvalue weighted by molar-refractivity contribution is 7.99. The molecule has 2 nitrogen and oxygen atoms in total. The quantitative estimate of drug-likeness (QED) is 0.808. The molecule has 1 aromatic heterocycles. The van der Waals surface area contributed by atoms with Crippen molar-refractivity contribution in [2.24, 2.45) is 0 Å². The highest BCUT2D eigenvalue weighted by atomic mass is 32.2. The van der Waals surface area contributed by atoms with Crippen LogP contribution in [-0.4, -0.2) is 16.8 Å². The van der Waals surface area contributed by atoms with Crippen LogP contribution in [0, 0.1) is 0 Å². The third-order valence-corrected chi connectivity index (χ3v) is 2.89. The number of hydrogen-bond acceptors (Lipinski definition) is 3. The van der Waals surface area contributed by atoms with Crippen molar-refractivity contribution < 1.29 is 0 Å². The zero-order valence-electron chi connectivity index (χ0n) is 9.08. The highest BCUT2D eigenvalue weighted by Crippen LogP contribution is 2.17. The summed E-state index contributed by atoms with van der Waals surface area (Å²) in [5.74, 6) is 0.997. The predicted molar refractivity (Wildman–Crippen MR) is 64.8 cm³/mol. The summed E-state index contributed by atoms with van der Waals surface area (Å²) in [5.41, 5.74) is 2.32. The van der Waals surface area contributed by atoms with E-state index in [9.17, 15) is 0 Å². The number of nitrogens with zero attached hydrogens (tertiary/aromatic N) is 1. The number of aromatic nitrogens is 1. The minimum Gasteiger partial charge on any atom is -0.385 e. The normalized spacial score (nSPS) is 10.6. The molecule has 0 aliphatic rings. The van der Waals surface area contributed by atoms with Crippen LogP contribution in [-0.2, 0) is 5.75 Å². The molecular weight excluding hydrogens is 192 g/mol. The van der Waals surface area contributed by atoms with Crippen molar-refractivity contribution >= 4 is 17.4 Å². The zero-order valence-corrected chi connectivity index (χ0v) is 9.90. The van der Waals surface area contributed by atoms with E-state index in [2.05, 4.69) is 37.1 Å². The summed E-state index contributed by atoms with van der Waals surface area (Å²) in [7, 11) is 0. The summed E-state index contributed by atoms with van der Waals surface area (Å²) in [4.78, 5) is 4.33. The van der Waals surface area contributed by atoms with Crippen molar-refractivity contribution in [3.05, 3.63) is 24.0 Å². The average Bonchev–Trinajstić information content (AvgIpc) is 2.16. The number of nitrogens with one attached hydrogen (secondary N) is 1. The van der Waals surface area contributed by atoms with Crippen LogP contribution in [0.25, 0.3) is 0 Å². The lowest BCUT2D eigenvalue weighted by molar-refractivity contribution is 1.09. The lowest BCUT2D eigenvalue weighted by Gasteiger charge is -2.06. The van der Waals surface area contributed by atoms with Gasteiger partial charge in [0.2, 0.25) is 0 Å². The Balaban J connectivity index is 2.54. The van der Waals surface area contributed by atoms with E-state index in [4.69, 9.17) is 0 Å². The monoisotopic (exact) mass is 210 g/mol. The second-order valence-corrected chi connectivity index (χ2v) is 4.99. The molecule has 0 aliphatic carbocycles. The molecule has 0 spiro atoms. The first-order valence-corrected chi connectivity index (χ1v) is 6.07. The van der Waals surface area contributed by atoms with Gasteiger partial charge in [-0.25, -0.2) is 0 Å². The van der Waals surface area contributed by atoms with Gasteiger partial charge in [-0.3, -0.25) is 4.98 Å². The van der Waals surface area contributed by atoms with E-state index in [1.54, 1.807) is 0 Å². The molecule has 0 fully saturated rings.